The molecular formula is C38H45FN6O5. The van der Waals surface area contributed by atoms with Crippen LogP contribution in [0.3, 0.4) is 0 Å². The van der Waals surface area contributed by atoms with E-state index in [1.54, 1.807) is 52.1 Å². The number of hydrogen-bond acceptors (Lipinski definition) is 6. The van der Waals surface area contributed by atoms with Gasteiger partial charge in [0.2, 0.25) is 5.91 Å². The Bertz CT molecular complexity index is 2030. The van der Waals surface area contributed by atoms with Crippen molar-refractivity contribution in [3.05, 3.63) is 94.4 Å². The van der Waals surface area contributed by atoms with Crippen LogP contribution in [0.4, 0.5) is 9.18 Å². The monoisotopic (exact) mass is 684 g/mol. The predicted octanol–water partition coefficient (Wildman–Crippen LogP) is 6.08. The third-order valence-electron chi connectivity index (χ3n) is 9.04. The molecular weight excluding hydrogens is 639 g/mol. The zero-order valence-electron chi connectivity index (χ0n) is 29.1. The van der Waals surface area contributed by atoms with Crippen molar-refractivity contribution in [3.8, 4) is 5.69 Å². The third kappa shape index (κ3) is 7.91. The Labute approximate surface area is 290 Å². The minimum atomic E-state index is -0.707. The van der Waals surface area contributed by atoms with Crippen molar-refractivity contribution in [1.29, 1.82) is 0 Å². The topological polar surface area (TPSA) is 123 Å². The van der Waals surface area contributed by atoms with Crippen LogP contribution < -0.4 is 11.0 Å². The fraction of sp³-hybridized carbons (Fsp3) is 0.421. The lowest BCUT2D eigenvalue weighted by Crippen LogP contribution is -2.46. The van der Waals surface area contributed by atoms with E-state index in [0.29, 0.717) is 37.3 Å². The molecule has 12 heteroatoms. The van der Waals surface area contributed by atoms with Gasteiger partial charge in [0.05, 0.1) is 22.2 Å². The molecule has 2 amide bonds. The van der Waals surface area contributed by atoms with Crippen LogP contribution in [0.25, 0.3) is 27.8 Å². The number of carbonyl (C=O) groups excluding carboxylic acids is 2. The van der Waals surface area contributed by atoms with E-state index in [9.17, 15) is 18.8 Å². The first-order chi connectivity index (χ1) is 24.0. The number of imidazole rings is 2. The van der Waals surface area contributed by atoms with Crippen molar-refractivity contribution < 1.29 is 23.5 Å². The molecule has 5 aromatic rings. The molecule has 0 bridgehead atoms. The normalized spacial score (nSPS) is 15.8. The van der Waals surface area contributed by atoms with Crippen LogP contribution in [0.15, 0.2) is 71.5 Å². The molecule has 50 heavy (non-hydrogen) atoms. The second-order valence-electron chi connectivity index (χ2n) is 14.0. The number of alkyl carbamates (subject to hydrolysis) is 1. The summed E-state index contributed by atoms with van der Waals surface area (Å²) in [6, 6.07) is 19.3. The molecule has 2 atom stereocenters. The predicted molar refractivity (Wildman–Crippen MR) is 190 cm³/mol. The number of hydrogen-bond donors (Lipinski definition) is 2. The van der Waals surface area contributed by atoms with Crippen LogP contribution in [-0.2, 0) is 27.2 Å². The summed E-state index contributed by atoms with van der Waals surface area (Å²) in [5.41, 5.74) is 2.86. The summed E-state index contributed by atoms with van der Waals surface area (Å²) in [4.78, 5) is 49.1. The second-order valence-corrected chi connectivity index (χ2v) is 14.0. The van der Waals surface area contributed by atoms with Gasteiger partial charge in [-0.1, -0.05) is 30.3 Å². The fourth-order valence-corrected chi connectivity index (χ4v) is 6.83. The highest BCUT2D eigenvalue weighted by atomic mass is 19.1. The molecule has 1 aliphatic heterocycles. The van der Waals surface area contributed by atoms with E-state index >= 15 is 0 Å². The highest BCUT2D eigenvalue weighted by Crippen LogP contribution is 2.30. The summed E-state index contributed by atoms with van der Waals surface area (Å²) in [6.07, 6.45) is 2.47. The zero-order valence-corrected chi connectivity index (χ0v) is 29.1. The summed E-state index contributed by atoms with van der Waals surface area (Å²) < 4.78 is 28.9. The molecule has 3 aromatic carbocycles. The molecule has 1 saturated heterocycles. The van der Waals surface area contributed by atoms with E-state index < -0.39 is 29.2 Å². The Balaban J connectivity index is 1.19. The first kappa shape index (κ1) is 34.9. The van der Waals surface area contributed by atoms with Gasteiger partial charge in [-0.2, -0.15) is 0 Å². The summed E-state index contributed by atoms with van der Waals surface area (Å²) in [7, 11) is 1.70. The molecule has 2 aromatic heterocycles. The Morgan fingerprint density at radius 1 is 1.06 bits per heavy atom. The number of para-hydroxylation sites is 3. The Kier molecular flexibility index (Phi) is 10.4. The van der Waals surface area contributed by atoms with Gasteiger partial charge in [-0.3, -0.25) is 9.36 Å². The lowest BCUT2D eigenvalue weighted by Gasteiger charge is -2.34. The maximum absolute atomic E-state index is 14.3. The van der Waals surface area contributed by atoms with Gasteiger partial charge < -0.3 is 29.2 Å². The number of fused-ring (bicyclic) bond motifs is 2. The van der Waals surface area contributed by atoms with Gasteiger partial charge in [0.15, 0.2) is 0 Å². The summed E-state index contributed by atoms with van der Waals surface area (Å²) in [5, 5.41) is 2.93. The average molecular weight is 685 g/mol. The molecule has 11 nitrogen and oxygen atoms in total. The molecule has 2 N–H and O–H groups in total. The molecule has 0 radical (unpaired) electrons. The zero-order chi connectivity index (χ0) is 35.4. The first-order valence-electron chi connectivity index (χ1n) is 17.2. The lowest BCUT2D eigenvalue weighted by atomic mass is 9.95. The number of halogens is 1. The molecule has 3 heterocycles. The highest BCUT2D eigenvalue weighted by molar-refractivity contribution is 5.79. The van der Waals surface area contributed by atoms with Crippen LogP contribution in [-0.4, -0.2) is 74.5 Å². The van der Waals surface area contributed by atoms with Crippen LogP contribution in [0.1, 0.15) is 63.8 Å². The Morgan fingerprint density at radius 3 is 2.58 bits per heavy atom. The summed E-state index contributed by atoms with van der Waals surface area (Å²) >= 11 is 0. The number of aromatic amines is 1. The largest absolute Gasteiger partial charge is 0.444 e. The molecule has 1 aliphatic rings. The van der Waals surface area contributed by atoms with Crippen molar-refractivity contribution in [1.82, 2.24) is 29.3 Å². The van der Waals surface area contributed by atoms with Crippen LogP contribution in [0, 0.1) is 5.82 Å². The SMILES string of the molecule is COCCCn1c(C2CCCN(C(=O)CC(Cc3ccc(-n4c(=O)[nH]c5c(F)cccc54)cc3)NC(=O)OC(C)(C)C)C2)nc2ccccc21. The number of methoxy groups -OCH3 is 1. The van der Waals surface area contributed by atoms with Crippen LogP contribution in [0.5, 0.6) is 0 Å². The van der Waals surface area contributed by atoms with E-state index in [4.69, 9.17) is 14.5 Å². The van der Waals surface area contributed by atoms with Gasteiger partial charge in [-0.15, -0.1) is 0 Å². The second kappa shape index (κ2) is 14.9. The number of nitrogens with zero attached hydrogens (tertiary/aromatic N) is 4. The number of nitrogens with one attached hydrogen (secondary N) is 2. The molecule has 1 fully saturated rings. The maximum Gasteiger partial charge on any atom is 0.407 e. The van der Waals surface area contributed by atoms with Crippen molar-refractivity contribution in [2.75, 3.05) is 26.8 Å². The number of rotatable bonds is 11. The molecule has 0 spiro atoms. The minimum Gasteiger partial charge on any atom is -0.444 e. The van der Waals surface area contributed by atoms with Crippen molar-refractivity contribution in [2.24, 2.45) is 0 Å². The number of likely N-dealkylation sites (tertiary alicyclic amines) is 1. The highest BCUT2D eigenvalue weighted by Gasteiger charge is 2.31. The van der Waals surface area contributed by atoms with Gasteiger partial charge >= 0.3 is 11.8 Å². The van der Waals surface area contributed by atoms with Crippen molar-refractivity contribution in [3.63, 3.8) is 0 Å². The smallest absolute Gasteiger partial charge is 0.407 e. The van der Waals surface area contributed by atoms with E-state index in [1.807, 2.05) is 35.2 Å². The van der Waals surface area contributed by atoms with Gasteiger partial charge in [0, 0.05) is 51.7 Å². The maximum atomic E-state index is 14.3. The first-order valence-corrected chi connectivity index (χ1v) is 17.2. The van der Waals surface area contributed by atoms with Crippen molar-refractivity contribution in [2.45, 2.75) is 77.0 Å². The molecule has 2 unspecified atom stereocenters. The van der Waals surface area contributed by atoms with E-state index in [-0.39, 0.29) is 23.8 Å². The minimum absolute atomic E-state index is 0.0539. The van der Waals surface area contributed by atoms with Crippen LogP contribution >= 0.6 is 0 Å². The van der Waals surface area contributed by atoms with E-state index in [0.717, 1.165) is 48.2 Å². The Hall–Kier alpha value is -4.97. The number of benzene rings is 3. The number of ether oxygens (including phenoxy) is 2. The number of aromatic nitrogens is 4. The van der Waals surface area contributed by atoms with Gasteiger partial charge in [-0.05, 0) is 88.4 Å². The molecule has 264 valence electrons. The number of H-pyrrole nitrogens is 1. The third-order valence-corrected chi connectivity index (χ3v) is 9.04. The van der Waals surface area contributed by atoms with E-state index in [1.165, 1.54) is 10.6 Å². The standard InChI is InChI=1S/C38H45FN6O5/c1-38(2,3)50-37(48)40-27(22-25-15-17-28(18-16-25)45-32-14-7-11-29(39)34(32)42-36(45)47)23-33(46)43-19-8-10-26(24-43)35-41-30-12-5-6-13-31(30)44(35)20-9-21-49-4/h5-7,11-18,26-27H,8-10,19-24H2,1-4H3,(H,40,48)(H,42,47). The quantitative estimate of drug-likeness (QED) is 0.163. The summed E-state index contributed by atoms with van der Waals surface area (Å²) in [5.74, 6) is 0.507. The molecule has 6 rings (SSSR count). The fourth-order valence-electron chi connectivity index (χ4n) is 6.83. The molecule has 0 saturated carbocycles. The van der Waals surface area contributed by atoms with Crippen LogP contribution in [0.2, 0.25) is 0 Å². The van der Waals surface area contributed by atoms with E-state index in [2.05, 4.69) is 20.9 Å². The number of aryl methyl sites for hydroxylation is 1. The average Bonchev–Trinajstić information content (AvgIpc) is 3.62. The summed E-state index contributed by atoms with van der Waals surface area (Å²) in [6.45, 7) is 7.98. The number of piperidine rings is 1. The number of carbonyl (C=O) groups is 2. The van der Waals surface area contributed by atoms with Gasteiger partial charge in [0.25, 0.3) is 0 Å². The molecule has 0 aliphatic carbocycles. The Morgan fingerprint density at radius 2 is 1.82 bits per heavy atom. The van der Waals surface area contributed by atoms with Gasteiger partial charge in [-0.25, -0.2) is 19.0 Å². The van der Waals surface area contributed by atoms with Crippen molar-refractivity contribution >= 4 is 34.1 Å². The number of amides is 2. The lowest BCUT2D eigenvalue weighted by molar-refractivity contribution is -0.133. The van der Waals surface area contributed by atoms with Gasteiger partial charge in [0.1, 0.15) is 22.8 Å².